The van der Waals surface area contributed by atoms with Gasteiger partial charge in [-0.15, -0.1) is 0 Å². The number of para-hydroxylation sites is 1. The largest absolute Gasteiger partial charge is 0.534 e. The van der Waals surface area contributed by atoms with E-state index in [2.05, 4.69) is 14.2 Å². The summed E-state index contributed by atoms with van der Waals surface area (Å²) in [6.07, 6.45) is 1.05. The number of fused-ring (bicyclic) bond motifs is 2. The van der Waals surface area contributed by atoms with Crippen LogP contribution in [0.5, 0.6) is 5.88 Å². The number of pyridine rings is 1. The van der Waals surface area contributed by atoms with Gasteiger partial charge in [-0.3, -0.25) is 14.6 Å². The van der Waals surface area contributed by atoms with E-state index < -0.39 is 39.1 Å². The molecule has 178 valence electrons. The molecular weight excluding hydrogens is 477 g/mol. The van der Waals surface area contributed by atoms with Crippen molar-refractivity contribution in [2.45, 2.75) is 32.2 Å². The van der Waals surface area contributed by atoms with Crippen LogP contribution in [0.3, 0.4) is 0 Å². The molecule has 0 N–H and O–H groups in total. The van der Waals surface area contributed by atoms with Crippen molar-refractivity contribution in [3.8, 4) is 5.88 Å². The summed E-state index contributed by atoms with van der Waals surface area (Å²) < 4.78 is 72.9. The Balaban J connectivity index is 2.07. The maximum absolute atomic E-state index is 13.1. The Labute approximate surface area is 191 Å². The number of aryl methyl sites for hydroxylation is 1. The fourth-order valence-corrected chi connectivity index (χ4v) is 4.58. The van der Waals surface area contributed by atoms with Crippen LogP contribution in [0.2, 0.25) is 0 Å². The molecule has 0 fully saturated rings. The predicted octanol–water partition coefficient (Wildman–Crippen LogP) is 4.17. The van der Waals surface area contributed by atoms with Crippen LogP contribution in [0.25, 0.3) is 11.0 Å². The van der Waals surface area contributed by atoms with Crippen LogP contribution < -0.4 is 9.61 Å². The number of benzene rings is 1. The quantitative estimate of drug-likeness (QED) is 0.395. The standard InChI is InChI=1S/C22H17F3N2O6S/c1-10-9-16(29)13-5-4-6-14(20(13)32-10)18-17(12(3)28)11(2)27-15-7-8-26-21(19(15)18)33-34(30,31)22(23,24)25/h4-9,17-18H,1-3H3. The highest BCUT2D eigenvalue weighted by Gasteiger charge is 2.50. The zero-order valence-electron chi connectivity index (χ0n) is 18.0. The third-order valence-electron chi connectivity index (χ3n) is 5.48. The molecule has 1 aliphatic rings. The summed E-state index contributed by atoms with van der Waals surface area (Å²) in [4.78, 5) is 33.3. The van der Waals surface area contributed by atoms with E-state index in [0.717, 1.165) is 6.20 Å². The van der Waals surface area contributed by atoms with Gasteiger partial charge in [-0.1, -0.05) is 12.1 Å². The number of Topliss-reactive ketones (excluding diaryl/α,β-unsaturated/α-hetero) is 1. The molecular formula is C22H17F3N2O6S. The summed E-state index contributed by atoms with van der Waals surface area (Å²) in [5.74, 6) is -3.09. The number of carbonyl (C=O) groups is 1. The van der Waals surface area contributed by atoms with E-state index in [1.807, 2.05) is 0 Å². The molecule has 0 aliphatic carbocycles. The van der Waals surface area contributed by atoms with E-state index in [1.165, 1.54) is 31.2 Å². The van der Waals surface area contributed by atoms with E-state index in [4.69, 9.17) is 4.42 Å². The summed E-state index contributed by atoms with van der Waals surface area (Å²) in [7, 11) is -6.07. The molecule has 1 aliphatic heterocycles. The first kappa shape index (κ1) is 23.6. The van der Waals surface area contributed by atoms with E-state index in [-0.39, 0.29) is 39.0 Å². The first-order chi connectivity index (χ1) is 15.8. The van der Waals surface area contributed by atoms with E-state index in [1.54, 1.807) is 19.9 Å². The van der Waals surface area contributed by atoms with Crippen LogP contribution in [0.4, 0.5) is 18.9 Å². The van der Waals surface area contributed by atoms with Gasteiger partial charge in [0, 0.05) is 29.5 Å². The second-order valence-corrected chi connectivity index (χ2v) is 9.33. The highest BCUT2D eigenvalue weighted by molar-refractivity contribution is 7.87. The van der Waals surface area contributed by atoms with Crippen LogP contribution in [0.1, 0.15) is 36.7 Å². The Hall–Kier alpha value is -3.54. The number of halogens is 3. The number of hydrogen-bond donors (Lipinski definition) is 0. The summed E-state index contributed by atoms with van der Waals surface area (Å²) in [5, 5.41) is 0.182. The van der Waals surface area contributed by atoms with Gasteiger partial charge >= 0.3 is 15.6 Å². The molecule has 4 rings (SSSR count). The number of carbonyl (C=O) groups excluding carboxylic acids is 1. The lowest BCUT2D eigenvalue weighted by Gasteiger charge is -2.32. The topological polar surface area (TPSA) is 116 Å². The lowest BCUT2D eigenvalue weighted by molar-refractivity contribution is -0.119. The van der Waals surface area contributed by atoms with Crippen molar-refractivity contribution in [3.63, 3.8) is 0 Å². The Kier molecular flexibility index (Phi) is 5.59. The lowest BCUT2D eigenvalue weighted by Crippen LogP contribution is -2.33. The third-order valence-corrected chi connectivity index (χ3v) is 6.42. The Morgan fingerprint density at radius 1 is 1.18 bits per heavy atom. The molecule has 0 spiro atoms. The monoisotopic (exact) mass is 494 g/mol. The molecule has 0 radical (unpaired) electrons. The average Bonchev–Trinajstić information content (AvgIpc) is 2.71. The molecule has 1 aromatic carbocycles. The highest BCUT2D eigenvalue weighted by atomic mass is 32.2. The van der Waals surface area contributed by atoms with Crippen LogP contribution >= 0.6 is 0 Å². The Bertz CT molecular complexity index is 1530. The minimum Gasteiger partial charge on any atom is -0.461 e. The molecule has 0 saturated carbocycles. The lowest BCUT2D eigenvalue weighted by atomic mass is 9.74. The zero-order valence-corrected chi connectivity index (χ0v) is 18.8. The molecule has 34 heavy (non-hydrogen) atoms. The smallest absolute Gasteiger partial charge is 0.461 e. The maximum Gasteiger partial charge on any atom is 0.534 e. The number of ketones is 1. The molecule has 0 saturated heterocycles. The number of hydrogen-bond acceptors (Lipinski definition) is 8. The molecule has 0 amide bonds. The minimum atomic E-state index is -6.07. The minimum absolute atomic E-state index is 0.0781. The van der Waals surface area contributed by atoms with Gasteiger partial charge in [0.2, 0.25) is 5.88 Å². The van der Waals surface area contributed by atoms with E-state index >= 15 is 0 Å². The summed E-state index contributed by atoms with van der Waals surface area (Å²) >= 11 is 0. The molecule has 8 nitrogen and oxygen atoms in total. The molecule has 3 heterocycles. The van der Waals surface area contributed by atoms with Crippen molar-refractivity contribution in [2.75, 3.05) is 0 Å². The van der Waals surface area contributed by atoms with E-state index in [9.17, 15) is 31.2 Å². The fraction of sp³-hybridized carbons (Fsp3) is 0.273. The fourth-order valence-electron chi connectivity index (χ4n) is 4.14. The SMILES string of the molecule is CC(=O)C1C(C)=Nc2ccnc(OS(=O)(=O)C(F)(F)F)c2C1c1cccc2c(=O)cc(C)oc12. The third kappa shape index (κ3) is 3.87. The van der Waals surface area contributed by atoms with Gasteiger partial charge in [-0.25, -0.2) is 4.98 Å². The molecule has 2 unspecified atom stereocenters. The second-order valence-electron chi connectivity index (χ2n) is 7.80. The molecule has 12 heteroatoms. The van der Waals surface area contributed by atoms with Crippen molar-refractivity contribution < 1.29 is 35.0 Å². The van der Waals surface area contributed by atoms with Crippen LogP contribution in [0, 0.1) is 12.8 Å². The number of rotatable bonds is 4. The zero-order chi connectivity index (χ0) is 25.0. The predicted molar refractivity (Wildman–Crippen MR) is 116 cm³/mol. The van der Waals surface area contributed by atoms with Crippen LogP contribution in [0.15, 0.2) is 50.7 Å². The molecule has 3 aromatic rings. The Morgan fingerprint density at radius 3 is 2.53 bits per heavy atom. The maximum atomic E-state index is 13.1. The molecule has 0 bridgehead atoms. The normalized spacial score (nSPS) is 18.4. The van der Waals surface area contributed by atoms with Gasteiger partial charge in [0.05, 0.1) is 22.6 Å². The molecule has 2 aromatic heterocycles. The van der Waals surface area contributed by atoms with Gasteiger partial charge in [0.25, 0.3) is 0 Å². The van der Waals surface area contributed by atoms with Gasteiger partial charge in [0.1, 0.15) is 17.1 Å². The summed E-state index contributed by atoms with van der Waals surface area (Å²) in [6, 6.07) is 7.23. The van der Waals surface area contributed by atoms with Gasteiger partial charge < -0.3 is 8.60 Å². The van der Waals surface area contributed by atoms with Gasteiger partial charge in [-0.2, -0.15) is 21.6 Å². The number of aromatic nitrogens is 1. The Morgan fingerprint density at radius 2 is 1.88 bits per heavy atom. The van der Waals surface area contributed by atoms with Crippen LogP contribution in [-0.2, 0) is 14.9 Å². The van der Waals surface area contributed by atoms with Crippen molar-refractivity contribution in [1.82, 2.24) is 4.98 Å². The van der Waals surface area contributed by atoms with E-state index in [0.29, 0.717) is 5.71 Å². The van der Waals surface area contributed by atoms with Crippen molar-refractivity contribution in [2.24, 2.45) is 10.9 Å². The first-order valence-corrected chi connectivity index (χ1v) is 11.3. The highest BCUT2D eigenvalue weighted by Crippen LogP contribution is 2.48. The number of aliphatic imine (C=N–C) groups is 1. The summed E-state index contributed by atoms with van der Waals surface area (Å²) in [6.45, 7) is 4.40. The first-order valence-electron chi connectivity index (χ1n) is 9.90. The number of nitrogens with zero attached hydrogens (tertiary/aromatic N) is 2. The average molecular weight is 494 g/mol. The van der Waals surface area contributed by atoms with Gasteiger partial charge in [0.15, 0.2) is 5.43 Å². The van der Waals surface area contributed by atoms with Crippen molar-refractivity contribution in [3.05, 3.63) is 63.6 Å². The number of alkyl halides is 3. The van der Waals surface area contributed by atoms with Crippen molar-refractivity contribution in [1.29, 1.82) is 0 Å². The summed E-state index contributed by atoms with van der Waals surface area (Å²) in [5.41, 5.74) is -5.40. The second kappa shape index (κ2) is 8.05. The van der Waals surface area contributed by atoms with Crippen molar-refractivity contribution >= 4 is 38.3 Å². The van der Waals surface area contributed by atoms with Gasteiger partial charge in [-0.05, 0) is 32.9 Å². The molecule has 2 atom stereocenters. The van der Waals surface area contributed by atoms with Crippen LogP contribution in [-0.4, -0.2) is 30.4 Å².